The quantitative estimate of drug-likeness (QED) is 0.136. The summed E-state index contributed by atoms with van der Waals surface area (Å²) in [6, 6.07) is 10.2. The Kier molecular flexibility index (Phi) is 7.71. The maximum Gasteiger partial charge on any atom is 0.345 e. The van der Waals surface area contributed by atoms with Gasteiger partial charge in [0, 0.05) is 18.1 Å². The number of carbonyl (C=O) groups is 3. The third kappa shape index (κ3) is 5.55. The van der Waals surface area contributed by atoms with Crippen LogP contribution in [-0.4, -0.2) is 61.8 Å². The van der Waals surface area contributed by atoms with Crippen molar-refractivity contribution in [1.82, 2.24) is 0 Å². The molecule has 0 aromatic heterocycles. The van der Waals surface area contributed by atoms with E-state index in [0.717, 1.165) is 19.3 Å². The predicted octanol–water partition coefficient (Wildman–Crippen LogP) is 2.86. The molecule has 6 N–H and O–H groups in total. The van der Waals surface area contributed by atoms with Gasteiger partial charge in [0.05, 0.1) is 7.11 Å². The fourth-order valence-electron chi connectivity index (χ4n) is 4.31. The normalized spacial score (nSPS) is 16.6. The second-order valence-corrected chi connectivity index (χ2v) is 8.83. The molecule has 12 nitrogen and oxygen atoms in total. The van der Waals surface area contributed by atoms with E-state index in [2.05, 4.69) is 0 Å². The SMILES string of the molecule is COC(=O)[C@@H]1c2c(/C=C/C(=O)O[C@H](Cc3ccc(O)c(O)c3)C(=O)O)ccc(O)c2O[C@H]1c1ccc(O)c(O)c1. The second-order valence-electron chi connectivity index (χ2n) is 8.83. The molecule has 0 spiro atoms. The van der Waals surface area contributed by atoms with Gasteiger partial charge in [0.15, 0.2) is 34.5 Å². The highest BCUT2D eigenvalue weighted by atomic mass is 16.6. The zero-order valence-corrected chi connectivity index (χ0v) is 20.8. The molecular weight excluding hydrogens is 528 g/mol. The summed E-state index contributed by atoms with van der Waals surface area (Å²) in [5.74, 6) is -6.46. The summed E-state index contributed by atoms with van der Waals surface area (Å²) in [5.41, 5.74) is 1.00. The molecule has 0 unspecified atom stereocenters. The van der Waals surface area contributed by atoms with E-state index in [4.69, 9.17) is 14.2 Å². The first-order valence-corrected chi connectivity index (χ1v) is 11.7. The first-order chi connectivity index (χ1) is 19.0. The molecule has 1 aliphatic heterocycles. The van der Waals surface area contributed by atoms with E-state index in [1.165, 1.54) is 48.5 Å². The Morgan fingerprint density at radius 1 is 0.900 bits per heavy atom. The van der Waals surface area contributed by atoms with Crippen LogP contribution >= 0.6 is 0 Å². The second kappa shape index (κ2) is 11.2. The van der Waals surface area contributed by atoms with Crippen molar-refractivity contribution in [3.05, 3.63) is 76.9 Å². The Morgan fingerprint density at radius 3 is 2.17 bits per heavy atom. The number of hydrogen-bond donors (Lipinski definition) is 6. The third-order valence-electron chi connectivity index (χ3n) is 6.24. The highest BCUT2D eigenvalue weighted by Crippen LogP contribution is 2.52. The average Bonchev–Trinajstić information content (AvgIpc) is 3.33. The van der Waals surface area contributed by atoms with Crippen molar-refractivity contribution in [2.45, 2.75) is 24.5 Å². The molecule has 40 heavy (non-hydrogen) atoms. The minimum Gasteiger partial charge on any atom is -0.504 e. The summed E-state index contributed by atoms with van der Waals surface area (Å²) < 4.78 is 15.9. The predicted molar refractivity (Wildman–Crippen MR) is 136 cm³/mol. The molecule has 0 aliphatic carbocycles. The fraction of sp³-hybridized carbons (Fsp3) is 0.179. The molecule has 3 aromatic carbocycles. The van der Waals surface area contributed by atoms with Gasteiger partial charge >= 0.3 is 17.9 Å². The van der Waals surface area contributed by atoms with Crippen LogP contribution in [0.25, 0.3) is 6.08 Å². The molecular formula is C28H24O12. The molecule has 3 aromatic rings. The van der Waals surface area contributed by atoms with Gasteiger partial charge in [-0.3, -0.25) is 4.79 Å². The fourth-order valence-corrected chi connectivity index (χ4v) is 4.31. The number of rotatable bonds is 8. The molecule has 3 atom stereocenters. The summed E-state index contributed by atoms with van der Waals surface area (Å²) in [6.45, 7) is 0. The molecule has 0 saturated heterocycles. The van der Waals surface area contributed by atoms with Crippen molar-refractivity contribution in [3.63, 3.8) is 0 Å². The largest absolute Gasteiger partial charge is 0.504 e. The summed E-state index contributed by atoms with van der Waals surface area (Å²) in [7, 11) is 1.15. The van der Waals surface area contributed by atoms with E-state index >= 15 is 0 Å². The molecule has 0 fully saturated rings. The van der Waals surface area contributed by atoms with Crippen LogP contribution in [0, 0.1) is 0 Å². The van der Waals surface area contributed by atoms with Gasteiger partial charge in [0.1, 0.15) is 12.0 Å². The molecule has 4 rings (SSSR count). The molecule has 1 heterocycles. The van der Waals surface area contributed by atoms with Gasteiger partial charge in [-0.25, -0.2) is 9.59 Å². The molecule has 0 radical (unpaired) electrons. The first kappa shape index (κ1) is 27.6. The van der Waals surface area contributed by atoms with E-state index in [-0.39, 0.29) is 34.8 Å². The lowest BCUT2D eigenvalue weighted by Crippen LogP contribution is -2.28. The zero-order valence-electron chi connectivity index (χ0n) is 20.8. The standard InChI is InChI=1S/C28H24O12/c1-38-28(37)24-23-14(3-8-18(31)26(23)40-25(24)15-4-7-17(30)20(33)12-15)5-9-22(34)39-21(27(35)36)11-13-2-6-16(29)19(32)10-13/h2-10,12,21,24-25,29-33H,11H2,1H3,(H,35,36)/b9-5+/t21-,24-,25+/m1/s1. The highest BCUT2D eigenvalue weighted by molar-refractivity contribution is 5.91. The van der Waals surface area contributed by atoms with Crippen molar-refractivity contribution in [1.29, 1.82) is 0 Å². The number of fused-ring (bicyclic) bond motifs is 1. The van der Waals surface area contributed by atoms with Crippen LogP contribution in [0.4, 0.5) is 0 Å². The number of hydrogen-bond acceptors (Lipinski definition) is 11. The van der Waals surface area contributed by atoms with Gasteiger partial charge in [-0.2, -0.15) is 0 Å². The van der Waals surface area contributed by atoms with E-state index in [9.17, 15) is 45.0 Å². The number of phenolic OH excluding ortho intramolecular Hbond substituents is 5. The Hall–Kier alpha value is -5.39. The number of carboxylic acids is 1. The van der Waals surface area contributed by atoms with Crippen molar-refractivity contribution in [2.75, 3.05) is 7.11 Å². The number of aromatic hydroxyl groups is 5. The van der Waals surface area contributed by atoms with Gasteiger partial charge in [-0.05, 0) is 53.1 Å². The van der Waals surface area contributed by atoms with E-state index < -0.39 is 53.3 Å². The topological polar surface area (TPSA) is 200 Å². The minimum atomic E-state index is -1.62. The molecule has 1 aliphatic rings. The average molecular weight is 552 g/mol. The van der Waals surface area contributed by atoms with Gasteiger partial charge in [-0.1, -0.05) is 18.2 Å². The summed E-state index contributed by atoms with van der Waals surface area (Å²) in [4.78, 5) is 37.1. The Balaban J connectivity index is 1.61. The molecule has 0 bridgehead atoms. The monoisotopic (exact) mass is 552 g/mol. The summed E-state index contributed by atoms with van der Waals surface area (Å²) >= 11 is 0. The lowest BCUT2D eigenvalue weighted by atomic mass is 9.87. The number of aliphatic carboxylic acids is 1. The number of carboxylic acid groups (broad SMARTS) is 1. The van der Waals surface area contributed by atoms with Crippen LogP contribution in [0.2, 0.25) is 0 Å². The Labute approximate surface area is 226 Å². The van der Waals surface area contributed by atoms with Gasteiger partial charge < -0.3 is 44.8 Å². The first-order valence-electron chi connectivity index (χ1n) is 11.7. The third-order valence-corrected chi connectivity index (χ3v) is 6.24. The van der Waals surface area contributed by atoms with Crippen LogP contribution in [0.5, 0.6) is 34.5 Å². The molecule has 0 saturated carbocycles. The van der Waals surface area contributed by atoms with E-state index in [1.54, 1.807) is 0 Å². The molecule has 208 valence electrons. The number of benzene rings is 3. The van der Waals surface area contributed by atoms with Crippen molar-refractivity contribution in [3.8, 4) is 34.5 Å². The number of phenols is 5. The highest BCUT2D eigenvalue weighted by Gasteiger charge is 2.44. The van der Waals surface area contributed by atoms with Crippen LogP contribution < -0.4 is 4.74 Å². The van der Waals surface area contributed by atoms with Crippen LogP contribution in [0.3, 0.4) is 0 Å². The maximum atomic E-state index is 12.8. The molecule has 0 amide bonds. The molecule has 12 heteroatoms. The van der Waals surface area contributed by atoms with Crippen molar-refractivity contribution < 1.29 is 59.2 Å². The van der Waals surface area contributed by atoms with Gasteiger partial charge in [-0.15, -0.1) is 0 Å². The summed E-state index contributed by atoms with van der Waals surface area (Å²) in [6.07, 6.45) is -0.798. The van der Waals surface area contributed by atoms with Gasteiger partial charge in [0.2, 0.25) is 6.10 Å². The minimum absolute atomic E-state index is 0.0703. The lowest BCUT2D eigenvalue weighted by molar-refractivity contribution is -0.160. The van der Waals surface area contributed by atoms with Crippen molar-refractivity contribution in [2.24, 2.45) is 0 Å². The number of carbonyl (C=O) groups excluding carboxylic acids is 2. The lowest BCUT2D eigenvalue weighted by Gasteiger charge is -2.18. The Morgan fingerprint density at radius 2 is 1.55 bits per heavy atom. The van der Waals surface area contributed by atoms with Crippen LogP contribution in [0.1, 0.15) is 34.3 Å². The van der Waals surface area contributed by atoms with Crippen LogP contribution in [0.15, 0.2) is 54.6 Å². The number of ether oxygens (including phenoxy) is 3. The van der Waals surface area contributed by atoms with Crippen molar-refractivity contribution >= 4 is 24.0 Å². The van der Waals surface area contributed by atoms with E-state index in [0.29, 0.717) is 11.1 Å². The van der Waals surface area contributed by atoms with Gasteiger partial charge in [0.25, 0.3) is 0 Å². The number of esters is 2. The number of methoxy groups -OCH3 is 1. The Bertz CT molecular complexity index is 1510. The van der Waals surface area contributed by atoms with Crippen LogP contribution in [-0.2, 0) is 30.3 Å². The maximum absolute atomic E-state index is 12.8. The summed E-state index contributed by atoms with van der Waals surface area (Å²) in [5, 5.41) is 58.6. The smallest absolute Gasteiger partial charge is 0.345 e. The van der Waals surface area contributed by atoms with E-state index in [1.807, 2.05) is 0 Å². The zero-order chi connectivity index (χ0) is 29.1.